The van der Waals surface area contributed by atoms with Crippen LogP contribution in [0.1, 0.15) is 32.1 Å². The number of ketones is 1. The third-order valence-corrected chi connectivity index (χ3v) is 3.47. The smallest absolute Gasteiger partial charge is 0.139 e. The van der Waals surface area contributed by atoms with Gasteiger partial charge in [-0.05, 0) is 31.6 Å². The molecule has 3 atom stereocenters. The standard InChI is InChI=1S/C11H16O/c1-2-4-9-7-8-5-3-6-10(8)11(9)12/h2,8-10H,1,3-7H2/t8-,9-,10-/m0/s1. The van der Waals surface area contributed by atoms with Crippen LogP contribution in [0.2, 0.25) is 0 Å². The molecule has 1 nitrogen and oxygen atoms in total. The second-order valence-electron chi connectivity index (χ2n) is 4.16. The molecule has 2 saturated carbocycles. The molecular weight excluding hydrogens is 148 g/mol. The van der Waals surface area contributed by atoms with Gasteiger partial charge in [0.05, 0.1) is 0 Å². The largest absolute Gasteiger partial charge is 0.299 e. The predicted molar refractivity (Wildman–Crippen MR) is 48.8 cm³/mol. The number of rotatable bonds is 2. The maximum Gasteiger partial charge on any atom is 0.139 e. The van der Waals surface area contributed by atoms with Crippen molar-refractivity contribution in [1.82, 2.24) is 0 Å². The van der Waals surface area contributed by atoms with Crippen molar-refractivity contribution < 1.29 is 4.79 Å². The molecule has 0 heterocycles. The van der Waals surface area contributed by atoms with Gasteiger partial charge >= 0.3 is 0 Å². The molecule has 0 saturated heterocycles. The van der Waals surface area contributed by atoms with Crippen molar-refractivity contribution in [2.45, 2.75) is 32.1 Å². The van der Waals surface area contributed by atoms with Crippen LogP contribution in [0.25, 0.3) is 0 Å². The number of Topliss-reactive ketones (excluding diaryl/α,β-unsaturated/α-hetero) is 1. The average molecular weight is 164 g/mol. The summed E-state index contributed by atoms with van der Waals surface area (Å²) in [6.45, 7) is 3.70. The van der Waals surface area contributed by atoms with Gasteiger partial charge in [-0.3, -0.25) is 4.79 Å². The van der Waals surface area contributed by atoms with E-state index < -0.39 is 0 Å². The van der Waals surface area contributed by atoms with Crippen molar-refractivity contribution in [2.24, 2.45) is 17.8 Å². The summed E-state index contributed by atoms with van der Waals surface area (Å²) in [4.78, 5) is 11.7. The van der Waals surface area contributed by atoms with Crippen LogP contribution in [-0.4, -0.2) is 5.78 Å². The first-order valence-electron chi connectivity index (χ1n) is 4.97. The fourth-order valence-electron chi connectivity index (χ4n) is 2.89. The molecule has 0 aromatic heterocycles. The van der Waals surface area contributed by atoms with E-state index >= 15 is 0 Å². The molecule has 0 aromatic carbocycles. The topological polar surface area (TPSA) is 17.1 Å². The van der Waals surface area contributed by atoms with Crippen molar-refractivity contribution in [3.63, 3.8) is 0 Å². The lowest BCUT2D eigenvalue weighted by atomic mass is 9.98. The first kappa shape index (κ1) is 8.03. The van der Waals surface area contributed by atoms with Crippen LogP contribution >= 0.6 is 0 Å². The third kappa shape index (κ3) is 1.12. The zero-order chi connectivity index (χ0) is 8.55. The summed E-state index contributed by atoms with van der Waals surface area (Å²) in [5, 5.41) is 0. The minimum atomic E-state index is 0.331. The Morgan fingerprint density at radius 2 is 2.33 bits per heavy atom. The second-order valence-corrected chi connectivity index (χ2v) is 4.16. The minimum Gasteiger partial charge on any atom is -0.299 e. The molecule has 66 valence electrons. The average Bonchev–Trinajstić information content (AvgIpc) is 2.58. The number of carbonyl (C=O) groups excluding carboxylic acids is 1. The van der Waals surface area contributed by atoms with Gasteiger partial charge in [-0.25, -0.2) is 0 Å². The Balaban J connectivity index is 2.05. The molecule has 0 amide bonds. The van der Waals surface area contributed by atoms with Crippen LogP contribution < -0.4 is 0 Å². The van der Waals surface area contributed by atoms with E-state index in [4.69, 9.17) is 0 Å². The van der Waals surface area contributed by atoms with Crippen molar-refractivity contribution >= 4 is 5.78 Å². The Morgan fingerprint density at radius 3 is 3.00 bits per heavy atom. The summed E-state index contributed by atoms with van der Waals surface area (Å²) in [7, 11) is 0. The lowest BCUT2D eigenvalue weighted by Gasteiger charge is -2.05. The summed E-state index contributed by atoms with van der Waals surface area (Å²) < 4.78 is 0. The summed E-state index contributed by atoms with van der Waals surface area (Å²) in [6, 6.07) is 0. The van der Waals surface area contributed by atoms with E-state index in [0.717, 1.165) is 25.2 Å². The fourth-order valence-corrected chi connectivity index (χ4v) is 2.89. The first-order valence-corrected chi connectivity index (χ1v) is 4.97. The van der Waals surface area contributed by atoms with E-state index in [2.05, 4.69) is 6.58 Å². The minimum absolute atomic E-state index is 0.331. The van der Waals surface area contributed by atoms with Crippen molar-refractivity contribution in [2.75, 3.05) is 0 Å². The number of hydrogen-bond donors (Lipinski definition) is 0. The van der Waals surface area contributed by atoms with Crippen LogP contribution in [-0.2, 0) is 4.79 Å². The molecular formula is C11H16O. The van der Waals surface area contributed by atoms with Crippen LogP contribution in [0.5, 0.6) is 0 Å². The van der Waals surface area contributed by atoms with Gasteiger partial charge in [-0.15, -0.1) is 6.58 Å². The molecule has 0 unspecified atom stereocenters. The molecule has 1 heteroatoms. The number of fused-ring (bicyclic) bond motifs is 1. The lowest BCUT2D eigenvalue weighted by Crippen LogP contribution is -2.13. The van der Waals surface area contributed by atoms with Gasteiger partial charge in [0.1, 0.15) is 5.78 Å². The SMILES string of the molecule is C=CC[C@H]1C[C@@H]2CCC[C@@H]2C1=O. The van der Waals surface area contributed by atoms with E-state index in [-0.39, 0.29) is 0 Å². The summed E-state index contributed by atoms with van der Waals surface area (Å²) in [6.07, 6.45) is 7.69. The molecule has 2 rings (SSSR count). The van der Waals surface area contributed by atoms with Crippen molar-refractivity contribution in [3.8, 4) is 0 Å². The maximum atomic E-state index is 11.7. The normalized spacial score (nSPS) is 40.0. The van der Waals surface area contributed by atoms with Crippen LogP contribution in [0, 0.1) is 17.8 Å². The molecule has 0 bridgehead atoms. The van der Waals surface area contributed by atoms with Gasteiger partial charge in [0.2, 0.25) is 0 Å². The Bertz CT molecular complexity index is 207. The Kier molecular flexibility index (Phi) is 2.03. The predicted octanol–water partition coefficient (Wildman–Crippen LogP) is 2.57. The fraction of sp³-hybridized carbons (Fsp3) is 0.727. The molecule has 0 spiro atoms. The summed E-state index contributed by atoms with van der Waals surface area (Å²) in [5.74, 6) is 2.05. The second kappa shape index (κ2) is 3.04. The lowest BCUT2D eigenvalue weighted by molar-refractivity contribution is -0.123. The molecule has 0 N–H and O–H groups in total. The van der Waals surface area contributed by atoms with Crippen molar-refractivity contribution in [1.29, 1.82) is 0 Å². The van der Waals surface area contributed by atoms with Gasteiger partial charge in [0.25, 0.3) is 0 Å². The molecule has 0 aliphatic heterocycles. The van der Waals surface area contributed by atoms with Gasteiger partial charge in [-0.2, -0.15) is 0 Å². The van der Waals surface area contributed by atoms with Crippen LogP contribution in [0.4, 0.5) is 0 Å². The van der Waals surface area contributed by atoms with Gasteiger partial charge in [0, 0.05) is 11.8 Å². The highest BCUT2D eigenvalue weighted by Crippen LogP contribution is 2.45. The van der Waals surface area contributed by atoms with Crippen LogP contribution in [0.3, 0.4) is 0 Å². The molecule has 2 aliphatic carbocycles. The molecule has 2 aliphatic rings. The number of carbonyl (C=O) groups is 1. The van der Waals surface area contributed by atoms with E-state index in [1.54, 1.807) is 0 Å². The molecule has 0 aromatic rings. The Labute approximate surface area is 73.8 Å². The van der Waals surface area contributed by atoms with Gasteiger partial charge < -0.3 is 0 Å². The van der Waals surface area contributed by atoms with Gasteiger partial charge in [-0.1, -0.05) is 12.5 Å². The Morgan fingerprint density at radius 1 is 1.50 bits per heavy atom. The monoisotopic (exact) mass is 164 g/mol. The van der Waals surface area contributed by atoms with E-state index in [1.165, 1.54) is 12.8 Å². The summed E-state index contributed by atoms with van der Waals surface area (Å²) >= 11 is 0. The van der Waals surface area contributed by atoms with E-state index in [1.807, 2.05) is 6.08 Å². The quantitative estimate of drug-likeness (QED) is 0.573. The molecule has 2 fully saturated rings. The first-order chi connectivity index (χ1) is 5.83. The third-order valence-electron chi connectivity index (χ3n) is 3.47. The number of hydrogen-bond acceptors (Lipinski definition) is 1. The Hall–Kier alpha value is -0.590. The van der Waals surface area contributed by atoms with E-state index in [9.17, 15) is 4.79 Å². The zero-order valence-electron chi connectivity index (χ0n) is 7.46. The van der Waals surface area contributed by atoms with Crippen molar-refractivity contribution in [3.05, 3.63) is 12.7 Å². The summed E-state index contributed by atoms with van der Waals surface area (Å²) in [5.41, 5.74) is 0. The molecule has 0 radical (unpaired) electrons. The highest BCUT2D eigenvalue weighted by Gasteiger charge is 2.43. The molecule has 12 heavy (non-hydrogen) atoms. The van der Waals surface area contributed by atoms with E-state index in [0.29, 0.717) is 17.6 Å². The van der Waals surface area contributed by atoms with Crippen LogP contribution in [0.15, 0.2) is 12.7 Å². The maximum absolute atomic E-state index is 11.7. The highest BCUT2D eigenvalue weighted by molar-refractivity contribution is 5.86. The van der Waals surface area contributed by atoms with Gasteiger partial charge in [0.15, 0.2) is 0 Å². The zero-order valence-corrected chi connectivity index (χ0v) is 7.46. The highest BCUT2D eigenvalue weighted by atomic mass is 16.1. The number of allylic oxidation sites excluding steroid dienone is 1.